The summed E-state index contributed by atoms with van der Waals surface area (Å²) in [6.07, 6.45) is 0. The van der Waals surface area contributed by atoms with Gasteiger partial charge < -0.3 is 5.32 Å². The molecule has 0 amide bonds. The molecule has 2 aromatic rings. The lowest BCUT2D eigenvalue weighted by Gasteiger charge is -2.05. The van der Waals surface area contributed by atoms with Crippen molar-refractivity contribution >= 4 is 11.3 Å². The number of likely N-dealkylation sites (N-methyl/N-ethyl adjacent to an activating group) is 1. The third-order valence-electron chi connectivity index (χ3n) is 3.22. The first-order valence-electron chi connectivity index (χ1n) is 6.15. The highest BCUT2D eigenvalue weighted by atomic mass is 32.1. The van der Waals surface area contributed by atoms with Gasteiger partial charge in [-0.25, -0.2) is 4.98 Å². The second kappa shape index (κ2) is 5.20. The second-order valence-corrected chi connectivity index (χ2v) is 5.59. The van der Waals surface area contributed by atoms with E-state index in [1.807, 2.05) is 25.7 Å². The minimum atomic E-state index is 0.450. The molecule has 0 aromatic carbocycles. The molecule has 18 heavy (non-hydrogen) atoms. The Morgan fingerprint density at radius 1 is 1.44 bits per heavy atom. The lowest BCUT2D eigenvalue weighted by Crippen LogP contribution is -2.14. The first-order chi connectivity index (χ1) is 8.54. The van der Waals surface area contributed by atoms with Crippen LogP contribution in [-0.4, -0.2) is 28.4 Å². The zero-order valence-corrected chi connectivity index (χ0v) is 12.4. The van der Waals surface area contributed by atoms with Crippen molar-refractivity contribution in [3.05, 3.63) is 21.8 Å². The molecule has 2 heterocycles. The molecule has 0 aliphatic heterocycles. The highest BCUT2D eigenvalue weighted by molar-refractivity contribution is 7.10. The lowest BCUT2D eigenvalue weighted by molar-refractivity contribution is 0.674. The van der Waals surface area contributed by atoms with Crippen LogP contribution in [0.2, 0.25) is 0 Å². The van der Waals surface area contributed by atoms with E-state index in [4.69, 9.17) is 4.98 Å². The van der Waals surface area contributed by atoms with Gasteiger partial charge in [-0.3, -0.25) is 4.68 Å². The zero-order chi connectivity index (χ0) is 13.3. The predicted octanol–water partition coefficient (Wildman–Crippen LogP) is 2.48. The molecule has 1 unspecified atom stereocenters. The summed E-state index contributed by atoms with van der Waals surface area (Å²) in [5.74, 6) is 0.450. The van der Waals surface area contributed by atoms with Crippen LogP contribution in [0.15, 0.2) is 5.38 Å². The number of rotatable bonds is 4. The quantitative estimate of drug-likeness (QED) is 0.922. The summed E-state index contributed by atoms with van der Waals surface area (Å²) in [7, 11) is 3.95. The molecule has 2 rings (SSSR count). The molecule has 0 aliphatic rings. The van der Waals surface area contributed by atoms with E-state index in [1.54, 1.807) is 11.3 Å². The summed E-state index contributed by atoms with van der Waals surface area (Å²) in [5, 5.41) is 11.0. The molecular formula is C13H20N4S. The van der Waals surface area contributed by atoms with Crippen LogP contribution in [0.25, 0.3) is 11.3 Å². The summed E-state index contributed by atoms with van der Waals surface area (Å²) >= 11 is 1.73. The SMILES string of the molecule is CNCC(C)c1nc(-c2c(C)nn(C)c2C)cs1. The van der Waals surface area contributed by atoms with Gasteiger partial charge in [0, 0.05) is 36.1 Å². The molecule has 0 saturated carbocycles. The molecule has 4 nitrogen and oxygen atoms in total. The van der Waals surface area contributed by atoms with Crippen molar-refractivity contribution in [3.63, 3.8) is 0 Å². The van der Waals surface area contributed by atoms with Crippen LogP contribution in [0, 0.1) is 13.8 Å². The number of aryl methyl sites for hydroxylation is 2. The Bertz CT molecular complexity index is 541. The molecule has 98 valence electrons. The molecule has 0 fully saturated rings. The van der Waals surface area contributed by atoms with E-state index < -0.39 is 0 Å². The lowest BCUT2D eigenvalue weighted by atomic mass is 10.1. The molecule has 1 N–H and O–H groups in total. The third-order valence-corrected chi connectivity index (χ3v) is 4.30. The van der Waals surface area contributed by atoms with Gasteiger partial charge in [0.2, 0.25) is 0 Å². The number of hydrogen-bond acceptors (Lipinski definition) is 4. The smallest absolute Gasteiger partial charge is 0.0973 e. The maximum absolute atomic E-state index is 4.76. The van der Waals surface area contributed by atoms with Crippen LogP contribution in [0.5, 0.6) is 0 Å². The van der Waals surface area contributed by atoms with Crippen molar-refractivity contribution in [1.29, 1.82) is 0 Å². The summed E-state index contributed by atoms with van der Waals surface area (Å²) in [6, 6.07) is 0. The third kappa shape index (κ3) is 2.33. The summed E-state index contributed by atoms with van der Waals surface area (Å²) in [5.41, 5.74) is 4.46. The van der Waals surface area contributed by atoms with Crippen LogP contribution in [0.4, 0.5) is 0 Å². The van der Waals surface area contributed by atoms with E-state index in [0.29, 0.717) is 5.92 Å². The minimum Gasteiger partial charge on any atom is -0.319 e. The van der Waals surface area contributed by atoms with Crippen molar-refractivity contribution < 1.29 is 0 Å². The Balaban J connectivity index is 2.35. The van der Waals surface area contributed by atoms with Crippen molar-refractivity contribution in [2.45, 2.75) is 26.7 Å². The minimum absolute atomic E-state index is 0.450. The average molecular weight is 264 g/mol. The van der Waals surface area contributed by atoms with Crippen LogP contribution >= 0.6 is 11.3 Å². The van der Waals surface area contributed by atoms with Gasteiger partial charge in [-0.15, -0.1) is 11.3 Å². The van der Waals surface area contributed by atoms with Gasteiger partial charge in [-0.1, -0.05) is 6.92 Å². The average Bonchev–Trinajstić information content (AvgIpc) is 2.86. The molecule has 5 heteroatoms. The van der Waals surface area contributed by atoms with E-state index in [1.165, 1.54) is 16.3 Å². The summed E-state index contributed by atoms with van der Waals surface area (Å²) in [6.45, 7) is 7.28. The van der Waals surface area contributed by atoms with Gasteiger partial charge >= 0.3 is 0 Å². The molecule has 0 radical (unpaired) electrons. The van der Waals surface area contributed by atoms with Gasteiger partial charge in [-0.05, 0) is 20.9 Å². The fraction of sp³-hybridized carbons (Fsp3) is 0.538. The first kappa shape index (κ1) is 13.2. The Kier molecular flexibility index (Phi) is 3.82. The molecule has 0 bridgehead atoms. The number of hydrogen-bond donors (Lipinski definition) is 1. The normalized spacial score (nSPS) is 12.9. The molecular weight excluding hydrogens is 244 g/mol. The molecule has 1 atom stereocenters. The Hall–Kier alpha value is -1.20. The van der Waals surface area contributed by atoms with E-state index in [0.717, 1.165) is 17.9 Å². The van der Waals surface area contributed by atoms with Crippen LogP contribution in [0.1, 0.15) is 29.2 Å². The van der Waals surface area contributed by atoms with Crippen molar-refractivity contribution in [2.75, 3.05) is 13.6 Å². The molecule has 0 saturated heterocycles. The number of aromatic nitrogens is 3. The maximum atomic E-state index is 4.76. The predicted molar refractivity (Wildman–Crippen MR) is 76.1 cm³/mol. The fourth-order valence-electron chi connectivity index (χ4n) is 2.17. The van der Waals surface area contributed by atoms with Gasteiger partial charge in [-0.2, -0.15) is 5.10 Å². The Morgan fingerprint density at radius 3 is 2.72 bits per heavy atom. The van der Waals surface area contributed by atoms with Crippen LogP contribution in [0.3, 0.4) is 0 Å². The van der Waals surface area contributed by atoms with Crippen LogP contribution in [-0.2, 0) is 7.05 Å². The highest BCUT2D eigenvalue weighted by Crippen LogP contribution is 2.30. The molecule has 0 spiro atoms. The Labute approximate surface area is 112 Å². The molecule has 2 aromatic heterocycles. The summed E-state index contributed by atoms with van der Waals surface area (Å²) in [4.78, 5) is 4.76. The number of nitrogens with one attached hydrogen (secondary N) is 1. The summed E-state index contributed by atoms with van der Waals surface area (Å²) < 4.78 is 1.92. The largest absolute Gasteiger partial charge is 0.319 e. The number of nitrogens with zero attached hydrogens (tertiary/aromatic N) is 3. The van der Waals surface area contributed by atoms with E-state index >= 15 is 0 Å². The van der Waals surface area contributed by atoms with Crippen molar-refractivity contribution in [1.82, 2.24) is 20.1 Å². The maximum Gasteiger partial charge on any atom is 0.0973 e. The Morgan fingerprint density at radius 2 is 2.17 bits per heavy atom. The fourth-order valence-corrected chi connectivity index (χ4v) is 3.04. The molecule has 0 aliphatic carbocycles. The van der Waals surface area contributed by atoms with Gasteiger partial charge in [0.15, 0.2) is 0 Å². The standard InChI is InChI=1S/C13H20N4S/c1-8(6-14-4)13-15-11(7-18-13)12-9(2)16-17(5)10(12)3/h7-8,14H,6H2,1-5H3. The highest BCUT2D eigenvalue weighted by Gasteiger charge is 2.16. The van der Waals surface area contributed by atoms with E-state index in [-0.39, 0.29) is 0 Å². The van der Waals surface area contributed by atoms with Gasteiger partial charge in [0.25, 0.3) is 0 Å². The van der Waals surface area contributed by atoms with Gasteiger partial charge in [0.1, 0.15) is 0 Å². The second-order valence-electron chi connectivity index (χ2n) is 4.70. The van der Waals surface area contributed by atoms with Crippen LogP contribution < -0.4 is 5.32 Å². The monoisotopic (exact) mass is 264 g/mol. The van der Waals surface area contributed by atoms with Crippen molar-refractivity contribution in [2.24, 2.45) is 7.05 Å². The van der Waals surface area contributed by atoms with Gasteiger partial charge in [0.05, 0.1) is 16.4 Å². The van der Waals surface area contributed by atoms with Crippen molar-refractivity contribution in [3.8, 4) is 11.3 Å². The topological polar surface area (TPSA) is 42.7 Å². The van der Waals surface area contributed by atoms with E-state index in [2.05, 4.69) is 29.6 Å². The zero-order valence-electron chi connectivity index (χ0n) is 11.6. The number of thiazole rings is 1. The van der Waals surface area contributed by atoms with E-state index in [9.17, 15) is 0 Å². The first-order valence-corrected chi connectivity index (χ1v) is 7.03.